The summed E-state index contributed by atoms with van der Waals surface area (Å²) in [5.41, 5.74) is 0.497. The van der Waals surface area contributed by atoms with Gasteiger partial charge in [0.25, 0.3) is 17.7 Å². The zero-order chi connectivity index (χ0) is 21.1. The van der Waals surface area contributed by atoms with Gasteiger partial charge in [-0.25, -0.2) is 4.79 Å². The van der Waals surface area contributed by atoms with E-state index in [1.165, 1.54) is 6.07 Å². The number of rotatable bonds is 7. The second-order valence-corrected chi connectivity index (χ2v) is 7.15. The molecule has 1 aromatic heterocycles. The fourth-order valence-electron chi connectivity index (χ4n) is 3.08. The van der Waals surface area contributed by atoms with Crippen molar-refractivity contribution in [2.24, 2.45) is 5.92 Å². The Morgan fingerprint density at radius 3 is 2.31 bits per heavy atom. The summed E-state index contributed by atoms with van der Waals surface area (Å²) in [4.78, 5) is 51.0. The minimum atomic E-state index is -1.12. The molecule has 1 aliphatic heterocycles. The van der Waals surface area contributed by atoms with Gasteiger partial charge in [0.1, 0.15) is 11.8 Å². The summed E-state index contributed by atoms with van der Waals surface area (Å²) in [6.07, 6.45) is 0.217. The monoisotopic (exact) mass is 399 g/mol. The summed E-state index contributed by atoms with van der Waals surface area (Å²) in [5.74, 6) is -1.81. The lowest BCUT2D eigenvalue weighted by atomic mass is 10.0. The second kappa shape index (κ2) is 8.26. The molecule has 1 aliphatic rings. The summed E-state index contributed by atoms with van der Waals surface area (Å²) in [6, 6.07) is 6.78. The Morgan fingerprint density at radius 2 is 1.79 bits per heavy atom. The van der Waals surface area contributed by atoms with Crippen LogP contribution in [0.3, 0.4) is 0 Å². The molecule has 0 aliphatic carbocycles. The molecule has 0 spiro atoms. The third kappa shape index (κ3) is 4.34. The number of nitrogens with one attached hydrogen (secondary N) is 1. The molecule has 1 aromatic carbocycles. The van der Waals surface area contributed by atoms with Crippen molar-refractivity contribution in [1.82, 2.24) is 10.1 Å². The van der Waals surface area contributed by atoms with Gasteiger partial charge in [0.05, 0.1) is 11.1 Å². The molecular weight excluding hydrogens is 378 g/mol. The lowest BCUT2D eigenvalue weighted by Gasteiger charge is -2.25. The first kappa shape index (κ1) is 20.2. The molecule has 9 heteroatoms. The van der Waals surface area contributed by atoms with Gasteiger partial charge in [-0.2, -0.15) is 0 Å². The van der Waals surface area contributed by atoms with Gasteiger partial charge in [-0.05, 0) is 31.4 Å². The van der Waals surface area contributed by atoms with Crippen LogP contribution in [0, 0.1) is 12.8 Å². The molecule has 0 radical (unpaired) electrons. The SMILES string of the molecule is Cc1cc(NC(=O)COC(=O)[C@H](CC(C)C)N2C(=O)c3ccccc3C2=O)no1. The number of anilines is 1. The first-order chi connectivity index (χ1) is 13.8. The number of ether oxygens (including phenoxy) is 1. The highest BCUT2D eigenvalue weighted by Crippen LogP contribution is 2.27. The van der Waals surface area contributed by atoms with E-state index < -0.39 is 36.3 Å². The van der Waals surface area contributed by atoms with Crippen LogP contribution in [0.15, 0.2) is 34.9 Å². The predicted molar refractivity (Wildman–Crippen MR) is 101 cm³/mol. The molecule has 3 rings (SSSR count). The lowest BCUT2D eigenvalue weighted by Crippen LogP contribution is -2.46. The van der Waals surface area contributed by atoms with Crippen LogP contribution in [0.4, 0.5) is 5.82 Å². The molecule has 1 atom stereocenters. The number of hydrogen-bond acceptors (Lipinski definition) is 7. The fourth-order valence-corrected chi connectivity index (χ4v) is 3.08. The van der Waals surface area contributed by atoms with Crippen molar-refractivity contribution in [3.63, 3.8) is 0 Å². The summed E-state index contributed by atoms with van der Waals surface area (Å²) in [5, 5.41) is 6.05. The highest BCUT2D eigenvalue weighted by molar-refractivity contribution is 6.22. The number of carbonyl (C=O) groups is 4. The van der Waals surface area contributed by atoms with Crippen molar-refractivity contribution in [1.29, 1.82) is 0 Å². The number of carbonyl (C=O) groups excluding carboxylic acids is 4. The first-order valence-electron chi connectivity index (χ1n) is 9.14. The van der Waals surface area contributed by atoms with Crippen molar-refractivity contribution >= 4 is 29.5 Å². The fraction of sp³-hybridized carbons (Fsp3) is 0.350. The summed E-state index contributed by atoms with van der Waals surface area (Å²) in [6.45, 7) is 4.81. The third-order valence-electron chi connectivity index (χ3n) is 4.34. The van der Waals surface area contributed by atoms with E-state index >= 15 is 0 Å². The number of aromatic nitrogens is 1. The van der Waals surface area contributed by atoms with Crippen molar-refractivity contribution in [2.75, 3.05) is 11.9 Å². The number of fused-ring (bicyclic) bond motifs is 1. The van der Waals surface area contributed by atoms with E-state index in [-0.39, 0.29) is 29.3 Å². The first-order valence-corrected chi connectivity index (χ1v) is 9.14. The normalized spacial score (nSPS) is 14.1. The Balaban J connectivity index is 1.70. The number of benzene rings is 1. The molecule has 9 nitrogen and oxygen atoms in total. The molecule has 0 saturated carbocycles. The number of amides is 3. The van der Waals surface area contributed by atoms with Gasteiger partial charge in [0.15, 0.2) is 12.4 Å². The van der Waals surface area contributed by atoms with Crippen LogP contribution in [0.25, 0.3) is 0 Å². The van der Waals surface area contributed by atoms with Crippen LogP contribution in [0.5, 0.6) is 0 Å². The Bertz CT molecular complexity index is 930. The summed E-state index contributed by atoms with van der Waals surface area (Å²) < 4.78 is 9.94. The zero-order valence-electron chi connectivity index (χ0n) is 16.3. The standard InChI is InChI=1S/C20H21N3O6/c1-11(2)8-15(23-18(25)13-6-4-5-7-14(13)19(23)26)20(27)28-10-17(24)21-16-9-12(3)29-22-16/h4-7,9,11,15H,8,10H2,1-3H3,(H,21,22,24)/t15-/m0/s1. The second-order valence-electron chi connectivity index (χ2n) is 7.15. The van der Waals surface area contributed by atoms with Crippen LogP contribution in [0.1, 0.15) is 46.7 Å². The number of imide groups is 1. The maximum Gasteiger partial charge on any atom is 0.329 e. The van der Waals surface area contributed by atoms with E-state index in [1.54, 1.807) is 31.2 Å². The molecule has 2 heterocycles. The van der Waals surface area contributed by atoms with Gasteiger partial charge in [0.2, 0.25) is 0 Å². The zero-order valence-corrected chi connectivity index (χ0v) is 16.3. The average molecular weight is 399 g/mol. The van der Waals surface area contributed by atoms with Crippen LogP contribution in [-0.4, -0.2) is 46.4 Å². The molecule has 2 aromatic rings. The minimum absolute atomic E-state index is 0.00351. The molecule has 1 N–H and O–H groups in total. The van der Waals surface area contributed by atoms with Gasteiger partial charge in [-0.1, -0.05) is 31.1 Å². The van der Waals surface area contributed by atoms with Crippen LogP contribution < -0.4 is 5.32 Å². The van der Waals surface area contributed by atoms with Gasteiger partial charge in [-0.3, -0.25) is 19.3 Å². The molecule has 29 heavy (non-hydrogen) atoms. The Hall–Kier alpha value is -3.49. The predicted octanol–water partition coefficient (Wildman–Crippen LogP) is 2.18. The molecular formula is C20H21N3O6. The van der Waals surface area contributed by atoms with E-state index in [2.05, 4.69) is 10.5 Å². The number of hydrogen-bond donors (Lipinski definition) is 1. The maximum absolute atomic E-state index is 12.7. The minimum Gasteiger partial charge on any atom is -0.454 e. The van der Waals surface area contributed by atoms with Crippen molar-refractivity contribution < 1.29 is 28.4 Å². The lowest BCUT2D eigenvalue weighted by molar-refractivity contribution is -0.151. The third-order valence-corrected chi connectivity index (χ3v) is 4.34. The maximum atomic E-state index is 12.7. The molecule has 152 valence electrons. The largest absolute Gasteiger partial charge is 0.454 e. The van der Waals surface area contributed by atoms with Crippen LogP contribution in [0.2, 0.25) is 0 Å². The van der Waals surface area contributed by atoms with Crippen molar-refractivity contribution in [3.8, 4) is 0 Å². The Labute approximate surface area is 167 Å². The highest BCUT2D eigenvalue weighted by Gasteiger charge is 2.43. The van der Waals surface area contributed by atoms with E-state index in [1.807, 2.05) is 13.8 Å². The van der Waals surface area contributed by atoms with Gasteiger partial charge >= 0.3 is 5.97 Å². The average Bonchev–Trinajstić information content (AvgIpc) is 3.19. The van der Waals surface area contributed by atoms with Gasteiger partial charge in [-0.15, -0.1) is 0 Å². The number of nitrogens with zero attached hydrogens (tertiary/aromatic N) is 2. The number of esters is 1. The van der Waals surface area contributed by atoms with Gasteiger partial charge in [0, 0.05) is 6.07 Å². The van der Waals surface area contributed by atoms with E-state index in [0.29, 0.717) is 5.76 Å². The summed E-state index contributed by atoms with van der Waals surface area (Å²) >= 11 is 0. The van der Waals surface area contributed by atoms with E-state index in [0.717, 1.165) is 4.90 Å². The van der Waals surface area contributed by atoms with Crippen molar-refractivity contribution in [3.05, 3.63) is 47.2 Å². The van der Waals surface area contributed by atoms with Gasteiger partial charge < -0.3 is 14.6 Å². The van der Waals surface area contributed by atoms with E-state index in [9.17, 15) is 19.2 Å². The molecule has 0 saturated heterocycles. The quantitative estimate of drug-likeness (QED) is 0.560. The van der Waals surface area contributed by atoms with E-state index in [4.69, 9.17) is 9.26 Å². The van der Waals surface area contributed by atoms with Crippen LogP contribution >= 0.6 is 0 Å². The topological polar surface area (TPSA) is 119 Å². The Morgan fingerprint density at radius 1 is 1.17 bits per heavy atom. The Kier molecular flexibility index (Phi) is 5.76. The van der Waals surface area contributed by atoms with Crippen LogP contribution in [-0.2, 0) is 14.3 Å². The summed E-state index contributed by atoms with van der Waals surface area (Å²) in [7, 11) is 0. The highest BCUT2D eigenvalue weighted by atomic mass is 16.5. The molecule has 0 fully saturated rings. The number of aryl methyl sites for hydroxylation is 1. The van der Waals surface area contributed by atoms with Crippen molar-refractivity contribution in [2.45, 2.75) is 33.2 Å². The smallest absolute Gasteiger partial charge is 0.329 e. The molecule has 0 bridgehead atoms. The molecule has 0 unspecified atom stereocenters. The molecule has 3 amide bonds.